The lowest BCUT2D eigenvalue weighted by Crippen LogP contribution is -2.47. The van der Waals surface area contributed by atoms with E-state index in [1.807, 2.05) is 0 Å². The van der Waals surface area contributed by atoms with Gasteiger partial charge < -0.3 is 15.2 Å². The zero-order valence-electron chi connectivity index (χ0n) is 14.9. The number of hydrogen-bond acceptors (Lipinski definition) is 4. The molecule has 1 saturated heterocycles. The summed E-state index contributed by atoms with van der Waals surface area (Å²) in [6.45, 7) is 8.48. The molecule has 0 amide bonds. The molecule has 2 unspecified atom stereocenters. The lowest BCUT2D eigenvalue weighted by Gasteiger charge is -2.43. The van der Waals surface area contributed by atoms with Gasteiger partial charge in [-0.05, 0) is 36.7 Å². The molecule has 134 valence electrons. The summed E-state index contributed by atoms with van der Waals surface area (Å²) in [6.07, 6.45) is 1.86. The highest BCUT2D eigenvalue weighted by atomic mass is 32.2. The number of quaternary nitrogens is 1. The van der Waals surface area contributed by atoms with Crippen molar-refractivity contribution in [2.24, 2.45) is 10.8 Å². The summed E-state index contributed by atoms with van der Waals surface area (Å²) in [6, 6.07) is 4.23. The standard InChI is InChI=1S/C17H25N2O4S/c1-12-6-7-13(8-14(12)19(5,20)21)24(22,23)18-11-17(4)9-15(18)16(2,3)10-17/h6-8,15H,9-11H2,1-5H3/q-1. The van der Waals surface area contributed by atoms with Crippen LogP contribution in [0.3, 0.4) is 0 Å². The number of fused-ring (bicyclic) bond motifs is 2. The maximum absolute atomic E-state index is 13.2. The molecular formula is C17H25N2O4S-. The van der Waals surface area contributed by atoms with Gasteiger partial charge in [-0.3, -0.25) is 0 Å². The Balaban J connectivity index is 2.04. The molecule has 7 heteroatoms. The predicted octanol–water partition coefficient (Wildman–Crippen LogP) is 3.13. The molecule has 2 bridgehead atoms. The molecule has 24 heavy (non-hydrogen) atoms. The van der Waals surface area contributed by atoms with Crippen LogP contribution in [0.25, 0.3) is 0 Å². The molecule has 2 fully saturated rings. The molecule has 1 heterocycles. The van der Waals surface area contributed by atoms with Gasteiger partial charge in [-0.15, -0.1) is 0 Å². The Morgan fingerprint density at radius 2 is 1.88 bits per heavy atom. The van der Waals surface area contributed by atoms with Gasteiger partial charge in [0.2, 0.25) is 10.0 Å². The van der Waals surface area contributed by atoms with E-state index in [9.17, 15) is 18.8 Å². The van der Waals surface area contributed by atoms with Crippen LogP contribution in [-0.2, 0) is 10.0 Å². The second kappa shape index (κ2) is 5.02. The van der Waals surface area contributed by atoms with Crippen molar-refractivity contribution in [1.82, 2.24) is 9.11 Å². The molecular weight excluding hydrogens is 328 g/mol. The first kappa shape index (κ1) is 17.8. The van der Waals surface area contributed by atoms with E-state index < -0.39 is 14.8 Å². The van der Waals surface area contributed by atoms with Crippen molar-refractivity contribution in [2.45, 2.75) is 51.5 Å². The molecule has 1 aliphatic carbocycles. The zero-order valence-corrected chi connectivity index (χ0v) is 15.7. The van der Waals surface area contributed by atoms with E-state index in [4.69, 9.17) is 0 Å². The van der Waals surface area contributed by atoms with E-state index in [-0.39, 0.29) is 27.5 Å². The van der Waals surface area contributed by atoms with Crippen LogP contribution in [0.2, 0.25) is 0 Å². The fourth-order valence-corrected chi connectivity index (χ4v) is 6.65. The largest absolute Gasteiger partial charge is 0.626 e. The van der Waals surface area contributed by atoms with Gasteiger partial charge in [0.05, 0.1) is 11.9 Å². The van der Waals surface area contributed by atoms with Crippen LogP contribution in [0.1, 0.15) is 39.2 Å². The molecule has 6 nitrogen and oxygen atoms in total. The minimum atomic E-state index is -3.73. The van der Waals surface area contributed by atoms with Crippen LogP contribution in [0.5, 0.6) is 0 Å². The van der Waals surface area contributed by atoms with E-state index in [1.54, 1.807) is 11.2 Å². The average molecular weight is 353 g/mol. The van der Waals surface area contributed by atoms with E-state index in [0.717, 1.165) is 19.9 Å². The summed E-state index contributed by atoms with van der Waals surface area (Å²) in [5.74, 6) is 0. The summed E-state index contributed by atoms with van der Waals surface area (Å²) >= 11 is 0. The second-order valence-electron chi connectivity index (χ2n) is 8.54. The second-order valence-corrected chi connectivity index (χ2v) is 10.4. The van der Waals surface area contributed by atoms with Gasteiger partial charge in [0.1, 0.15) is 5.69 Å². The Labute approximate surface area is 143 Å². The molecule has 0 radical (unpaired) electrons. The van der Waals surface area contributed by atoms with Crippen molar-refractivity contribution in [3.8, 4) is 0 Å². The van der Waals surface area contributed by atoms with Crippen molar-refractivity contribution < 1.29 is 8.42 Å². The first-order valence-electron chi connectivity index (χ1n) is 8.18. The van der Waals surface area contributed by atoms with Crippen molar-refractivity contribution in [3.05, 3.63) is 34.2 Å². The van der Waals surface area contributed by atoms with Gasteiger partial charge in [0.25, 0.3) is 0 Å². The van der Waals surface area contributed by atoms with Gasteiger partial charge in [-0.25, -0.2) is 8.42 Å². The zero-order chi connectivity index (χ0) is 18.1. The minimum Gasteiger partial charge on any atom is -0.626 e. The summed E-state index contributed by atoms with van der Waals surface area (Å²) in [7, 11) is -2.77. The molecule has 3 rings (SSSR count). The van der Waals surface area contributed by atoms with Crippen molar-refractivity contribution in [3.63, 3.8) is 0 Å². The monoisotopic (exact) mass is 353 g/mol. The maximum Gasteiger partial charge on any atom is 0.243 e. The van der Waals surface area contributed by atoms with Crippen LogP contribution in [0, 0.1) is 28.2 Å². The van der Waals surface area contributed by atoms with Crippen LogP contribution in [0.15, 0.2) is 23.1 Å². The fraction of sp³-hybridized carbons (Fsp3) is 0.647. The summed E-state index contributed by atoms with van der Waals surface area (Å²) in [4.78, 5) is -1.85. The minimum absolute atomic E-state index is 0.00356. The van der Waals surface area contributed by atoms with Crippen molar-refractivity contribution in [1.29, 1.82) is 0 Å². The van der Waals surface area contributed by atoms with E-state index >= 15 is 0 Å². The number of aryl methyl sites for hydroxylation is 1. The highest BCUT2D eigenvalue weighted by Crippen LogP contribution is 2.58. The van der Waals surface area contributed by atoms with Gasteiger partial charge in [-0.2, -0.15) is 4.31 Å². The van der Waals surface area contributed by atoms with Crippen LogP contribution < -0.4 is 4.81 Å². The normalized spacial score (nSPS) is 30.0. The molecule has 2 atom stereocenters. The molecule has 1 aliphatic heterocycles. The molecule has 2 aliphatic rings. The van der Waals surface area contributed by atoms with Gasteiger partial charge >= 0.3 is 0 Å². The Bertz CT molecular complexity index is 780. The molecule has 0 N–H and O–H groups in total. The Hall–Kier alpha value is -0.990. The molecule has 0 aromatic heterocycles. The van der Waals surface area contributed by atoms with Crippen LogP contribution in [-0.4, -0.2) is 32.4 Å². The number of hydroxylamine groups is 2. The highest BCUT2D eigenvalue weighted by Gasteiger charge is 2.59. The fourth-order valence-electron chi connectivity index (χ4n) is 4.71. The van der Waals surface area contributed by atoms with Crippen LogP contribution in [0.4, 0.5) is 5.69 Å². The number of sulfonamides is 1. The predicted molar refractivity (Wildman–Crippen MR) is 94.4 cm³/mol. The average Bonchev–Trinajstić information content (AvgIpc) is 2.86. The molecule has 1 aromatic rings. The first-order valence-corrected chi connectivity index (χ1v) is 9.62. The molecule has 0 spiro atoms. The van der Waals surface area contributed by atoms with Gasteiger partial charge in [0.15, 0.2) is 0 Å². The van der Waals surface area contributed by atoms with E-state index in [0.29, 0.717) is 12.1 Å². The summed E-state index contributed by atoms with van der Waals surface area (Å²) in [5.41, 5.74) is 0.355. The molecule has 1 saturated carbocycles. The number of nitrogens with zero attached hydrogens (tertiary/aromatic N) is 2. The Kier molecular flexibility index (Phi) is 3.72. The van der Waals surface area contributed by atoms with Gasteiger partial charge in [-0.1, -0.05) is 26.8 Å². The SMILES string of the molecule is Cc1ccc(S(=O)(=O)N2CC3(C)CC2C(C)(C)C3)cc1[N+](C)([O-])[O-]. The summed E-state index contributed by atoms with van der Waals surface area (Å²) in [5, 5.41) is 23.6. The summed E-state index contributed by atoms with van der Waals surface area (Å²) < 4.78 is 27.9. The first-order chi connectivity index (χ1) is 10.8. The topological polar surface area (TPSA) is 83.5 Å². The maximum atomic E-state index is 13.2. The highest BCUT2D eigenvalue weighted by molar-refractivity contribution is 7.89. The third-order valence-electron chi connectivity index (χ3n) is 5.58. The van der Waals surface area contributed by atoms with Crippen molar-refractivity contribution in [2.75, 3.05) is 13.6 Å². The lowest BCUT2D eigenvalue weighted by molar-refractivity contribution is 0.138. The number of hydrogen-bond donors (Lipinski definition) is 0. The van der Waals surface area contributed by atoms with Crippen molar-refractivity contribution >= 4 is 15.7 Å². The quantitative estimate of drug-likeness (QED) is 0.617. The van der Waals surface area contributed by atoms with Gasteiger partial charge in [0, 0.05) is 24.2 Å². The van der Waals surface area contributed by atoms with E-state index in [1.165, 1.54) is 18.2 Å². The Morgan fingerprint density at radius 3 is 2.38 bits per heavy atom. The lowest BCUT2D eigenvalue weighted by atomic mass is 9.80. The smallest absolute Gasteiger partial charge is 0.243 e. The Morgan fingerprint density at radius 1 is 1.25 bits per heavy atom. The number of benzene rings is 1. The third-order valence-corrected chi connectivity index (χ3v) is 7.43. The molecule has 1 aromatic carbocycles. The third kappa shape index (κ3) is 2.68. The number of rotatable bonds is 3. The van der Waals surface area contributed by atoms with E-state index in [2.05, 4.69) is 20.8 Å². The van der Waals surface area contributed by atoms with Crippen LogP contribution >= 0.6 is 0 Å². The number of piperidine rings is 1.